The molecule has 0 aromatic carbocycles. The zero-order valence-electron chi connectivity index (χ0n) is 14.1. The van der Waals surface area contributed by atoms with Crippen LogP contribution >= 0.6 is 0 Å². The highest BCUT2D eigenvalue weighted by atomic mass is 16.5. The molecule has 23 heavy (non-hydrogen) atoms. The highest BCUT2D eigenvalue weighted by Gasteiger charge is 2.38. The second-order valence-corrected chi connectivity index (χ2v) is 6.63. The normalized spacial score (nSPS) is 28.1. The quantitative estimate of drug-likeness (QED) is 0.797. The molecule has 0 saturated carbocycles. The van der Waals surface area contributed by atoms with Gasteiger partial charge in [-0.2, -0.15) is 0 Å². The number of carbonyl (C=O) groups excluding carboxylic acids is 1. The van der Waals surface area contributed by atoms with Crippen molar-refractivity contribution in [2.45, 2.75) is 51.7 Å². The van der Waals surface area contributed by atoms with E-state index < -0.39 is 0 Å². The van der Waals surface area contributed by atoms with Gasteiger partial charge in [-0.1, -0.05) is 12.2 Å². The number of aromatic nitrogens is 3. The fraction of sp³-hybridized carbons (Fsp3) is 0.706. The van der Waals surface area contributed by atoms with Crippen molar-refractivity contribution in [2.24, 2.45) is 5.92 Å². The predicted octanol–water partition coefficient (Wildman–Crippen LogP) is 1.99. The monoisotopic (exact) mass is 318 g/mol. The summed E-state index contributed by atoms with van der Waals surface area (Å²) < 4.78 is 7.78. The lowest BCUT2D eigenvalue weighted by Crippen LogP contribution is -2.44. The molecule has 2 aliphatic heterocycles. The topological polar surface area (TPSA) is 60.2 Å². The number of ether oxygens (including phenoxy) is 1. The summed E-state index contributed by atoms with van der Waals surface area (Å²) >= 11 is 0. The molecule has 0 radical (unpaired) electrons. The van der Waals surface area contributed by atoms with Crippen LogP contribution in [0.3, 0.4) is 0 Å². The van der Waals surface area contributed by atoms with Gasteiger partial charge in [-0.15, -0.1) is 10.2 Å². The molecule has 2 saturated heterocycles. The maximum atomic E-state index is 12.9. The maximum Gasteiger partial charge on any atom is 0.228 e. The van der Waals surface area contributed by atoms with E-state index in [0.717, 1.165) is 50.3 Å². The highest BCUT2D eigenvalue weighted by molar-refractivity contribution is 5.80. The van der Waals surface area contributed by atoms with E-state index in [1.54, 1.807) is 6.33 Å². The molecule has 126 valence electrons. The first-order valence-corrected chi connectivity index (χ1v) is 8.55. The van der Waals surface area contributed by atoms with E-state index in [2.05, 4.69) is 28.3 Å². The van der Waals surface area contributed by atoms with E-state index in [1.165, 1.54) is 0 Å². The first-order valence-electron chi connectivity index (χ1n) is 8.55. The van der Waals surface area contributed by atoms with Gasteiger partial charge in [0.2, 0.25) is 5.91 Å². The standard InChI is InChI=1S/C17H26N4O2/c1-4-20-11-18-19-16(20)13-6-5-8-21(10-13)17(22)14-7-9-23-15(14)12(2)3/h11,13-15H,2,4-10H2,1,3H3/t13-,14+,15+/m0/s1. The number of aryl methyl sites for hydroxylation is 1. The lowest BCUT2D eigenvalue weighted by Gasteiger charge is -2.34. The van der Waals surface area contributed by atoms with Crippen LogP contribution in [0.2, 0.25) is 0 Å². The van der Waals surface area contributed by atoms with Crippen LogP contribution in [0.25, 0.3) is 0 Å². The number of likely N-dealkylation sites (tertiary alicyclic amines) is 1. The second kappa shape index (κ2) is 6.83. The third-order valence-electron chi connectivity index (χ3n) is 4.98. The van der Waals surface area contributed by atoms with Crippen LogP contribution in [0, 0.1) is 5.92 Å². The molecular formula is C17H26N4O2. The average molecular weight is 318 g/mol. The Balaban J connectivity index is 1.71. The Morgan fingerprint density at radius 3 is 3.04 bits per heavy atom. The minimum atomic E-state index is -0.123. The smallest absolute Gasteiger partial charge is 0.228 e. The van der Waals surface area contributed by atoms with Crippen LogP contribution in [-0.2, 0) is 16.1 Å². The summed E-state index contributed by atoms with van der Waals surface area (Å²) in [6.45, 7) is 11.1. The Hall–Kier alpha value is -1.69. The molecular weight excluding hydrogens is 292 g/mol. The zero-order valence-corrected chi connectivity index (χ0v) is 14.1. The van der Waals surface area contributed by atoms with E-state index in [4.69, 9.17) is 4.74 Å². The molecule has 0 bridgehead atoms. The van der Waals surface area contributed by atoms with Crippen LogP contribution in [-0.4, -0.2) is 51.4 Å². The van der Waals surface area contributed by atoms with Crippen LogP contribution < -0.4 is 0 Å². The fourth-order valence-corrected chi connectivity index (χ4v) is 3.77. The molecule has 1 aromatic rings. The van der Waals surface area contributed by atoms with Gasteiger partial charge in [-0.25, -0.2) is 0 Å². The predicted molar refractivity (Wildman–Crippen MR) is 86.9 cm³/mol. The molecule has 6 nitrogen and oxygen atoms in total. The van der Waals surface area contributed by atoms with Gasteiger partial charge in [0.05, 0.1) is 12.0 Å². The summed E-state index contributed by atoms with van der Waals surface area (Å²) in [5.74, 6) is 1.42. The van der Waals surface area contributed by atoms with Crippen molar-refractivity contribution in [3.05, 3.63) is 24.3 Å². The molecule has 6 heteroatoms. The average Bonchev–Trinajstić information content (AvgIpc) is 3.23. The van der Waals surface area contributed by atoms with Crippen LogP contribution in [0.15, 0.2) is 18.5 Å². The van der Waals surface area contributed by atoms with E-state index in [9.17, 15) is 4.79 Å². The third-order valence-corrected chi connectivity index (χ3v) is 4.98. The van der Waals surface area contributed by atoms with Crippen molar-refractivity contribution in [1.82, 2.24) is 19.7 Å². The number of rotatable bonds is 4. The Labute approximate surface area is 137 Å². The Kier molecular flexibility index (Phi) is 4.80. The maximum absolute atomic E-state index is 12.9. The Morgan fingerprint density at radius 1 is 1.48 bits per heavy atom. The SMILES string of the molecule is C=C(C)[C@H]1OCC[C@H]1C(=O)N1CCC[C@H](c2nncn2CC)C1. The lowest BCUT2D eigenvalue weighted by molar-refractivity contribution is -0.138. The minimum absolute atomic E-state index is 0.0738. The van der Waals surface area contributed by atoms with Crippen molar-refractivity contribution in [2.75, 3.05) is 19.7 Å². The first-order chi connectivity index (χ1) is 11.1. The zero-order chi connectivity index (χ0) is 16.4. The number of hydrogen-bond acceptors (Lipinski definition) is 4. The summed E-state index contributed by atoms with van der Waals surface area (Å²) in [6, 6.07) is 0. The van der Waals surface area contributed by atoms with Crippen molar-refractivity contribution < 1.29 is 9.53 Å². The van der Waals surface area contributed by atoms with Gasteiger partial charge in [0.15, 0.2) is 0 Å². The Bertz CT molecular complexity index is 583. The molecule has 1 aromatic heterocycles. The molecule has 3 rings (SSSR count). The van der Waals surface area contributed by atoms with Crippen LogP contribution in [0.5, 0.6) is 0 Å². The number of carbonyl (C=O) groups is 1. The highest BCUT2D eigenvalue weighted by Crippen LogP contribution is 2.31. The fourth-order valence-electron chi connectivity index (χ4n) is 3.77. The summed E-state index contributed by atoms with van der Waals surface area (Å²) in [6.07, 6.45) is 4.52. The molecule has 1 amide bonds. The van der Waals surface area contributed by atoms with Gasteiger partial charge in [-0.05, 0) is 33.1 Å². The van der Waals surface area contributed by atoms with Crippen molar-refractivity contribution in [3.63, 3.8) is 0 Å². The largest absolute Gasteiger partial charge is 0.373 e. The summed E-state index contributed by atoms with van der Waals surface area (Å²) in [7, 11) is 0. The van der Waals surface area contributed by atoms with E-state index in [1.807, 2.05) is 11.8 Å². The third kappa shape index (κ3) is 3.17. The molecule has 0 aliphatic carbocycles. The van der Waals surface area contributed by atoms with Crippen molar-refractivity contribution >= 4 is 5.91 Å². The lowest BCUT2D eigenvalue weighted by atomic mass is 9.92. The van der Waals surface area contributed by atoms with Gasteiger partial charge < -0.3 is 14.2 Å². The van der Waals surface area contributed by atoms with E-state index in [0.29, 0.717) is 6.61 Å². The van der Waals surface area contributed by atoms with Crippen LogP contribution in [0.4, 0.5) is 0 Å². The van der Waals surface area contributed by atoms with Gasteiger partial charge in [-0.3, -0.25) is 4.79 Å². The summed E-state index contributed by atoms with van der Waals surface area (Å²) in [5, 5.41) is 8.31. The molecule has 3 heterocycles. The molecule has 2 aliphatic rings. The molecule has 0 spiro atoms. The summed E-state index contributed by atoms with van der Waals surface area (Å²) in [5.41, 5.74) is 0.945. The molecule has 2 fully saturated rings. The van der Waals surface area contributed by atoms with Crippen molar-refractivity contribution in [3.8, 4) is 0 Å². The van der Waals surface area contributed by atoms with Gasteiger partial charge >= 0.3 is 0 Å². The van der Waals surface area contributed by atoms with Gasteiger partial charge in [0.25, 0.3) is 0 Å². The molecule has 0 N–H and O–H groups in total. The molecule has 3 atom stereocenters. The first kappa shape index (κ1) is 16.2. The second-order valence-electron chi connectivity index (χ2n) is 6.63. The number of amides is 1. The van der Waals surface area contributed by atoms with E-state index >= 15 is 0 Å². The van der Waals surface area contributed by atoms with Gasteiger partial charge in [0, 0.05) is 32.2 Å². The number of hydrogen-bond donors (Lipinski definition) is 0. The number of piperidine rings is 1. The van der Waals surface area contributed by atoms with Crippen molar-refractivity contribution in [1.29, 1.82) is 0 Å². The Morgan fingerprint density at radius 2 is 2.30 bits per heavy atom. The van der Waals surface area contributed by atoms with Gasteiger partial charge in [0.1, 0.15) is 12.2 Å². The number of nitrogens with zero attached hydrogens (tertiary/aromatic N) is 4. The minimum Gasteiger partial charge on any atom is -0.373 e. The molecule has 0 unspecified atom stereocenters. The van der Waals surface area contributed by atoms with Crippen LogP contribution in [0.1, 0.15) is 44.9 Å². The summed E-state index contributed by atoms with van der Waals surface area (Å²) in [4.78, 5) is 14.9. The van der Waals surface area contributed by atoms with E-state index in [-0.39, 0.29) is 23.8 Å².